The summed E-state index contributed by atoms with van der Waals surface area (Å²) in [6.45, 7) is 0. The maximum absolute atomic E-state index is 11.5. The second-order valence-corrected chi connectivity index (χ2v) is 6.41. The van der Waals surface area contributed by atoms with Gasteiger partial charge in [0, 0.05) is 28.2 Å². The Morgan fingerprint density at radius 1 is 1.04 bits per heavy atom. The lowest BCUT2D eigenvalue weighted by Crippen LogP contribution is -2.06. The molecule has 24 heavy (non-hydrogen) atoms. The predicted molar refractivity (Wildman–Crippen MR) is 96.1 cm³/mol. The monoisotopic (exact) mass is 380 g/mol. The van der Waals surface area contributed by atoms with Crippen LogP contribution < -0.4 is 0 Å². The molecule has 0 aliphatic carbocycles. The van der Waals surface area contributed by atoms with Crippen molar-refractivity contribution in [2.75, 3.05) is 0 Å². The van der Waals surface area contributed by atoms with Gasteiger partial charge in [-0.2, -0.15) is 0 Å². The van der Waals surface area contributed by atoms with Gasteiger partial charge in [0.2, 0.25) is 5.82 Å². The van der Waals surface area contributed by atoms with E-state index in [0.29, 0.717) is 32.0 Å². The minimum absolute atomic E-state index is 0.0824. The number of carboxylic acids is 1. The van der Waals surface area contributed by atoms with Crippen LogP contribution in [0.2, 0.25) is 15.1 Å². The fourth-order valence-corrected chi connectivity index (χ4v) is 3.12. The van der Waals surface area contributed by atoms with Gasteiger partial charge in [0.15, 0.2) is 0 Å². The van der Waals surface area contributed by atoms with E-state index in [9.17, 15) is 9.90 Å². The Morgan fingerprint density at radius 3 is 2.25 bits per heavy atom. The number of nitrogens with zero attached hydrogens (tertiary/aromatic N) is 2. The van der Waals surface area contributed by atoms with Gasteiger partial charge >= 0.3 is 5.97 Å². The van der Waals surface area contributed by atoms with Crippen molar-refractivity contribution in [1.29, 1.82) is 0 Å². The first-order valence-corrected chi connectivity index (χ1v) is 8.03. The van der Waals surface area contributed by atoms with Crippen LogP contribution in [0.3, 0.4) is 0 Å². The molecule has 0 bridgehead atoms. The van der Waals surface area contributed by atoms with Gasteiger partial charge in [-0.15, -0.1) is 0 Å². The van der Waals surface area contributed by atoms with Gasteiger partial charge < -0.3 is 9.67 Å². The third kappa shape index (κ3) is 3.00. The lowest BCUT2D eigenvalue weighted by Gasteiger charge is -2.09. The average molecular weight is 382 g/mol. The number of halogens is 3. The van der Waals surface area contributed by atoms with Crippen LogP contribution in [0.5, 0.6) is 0 Å². The number of carbonyl (C=O) groups is 1. The Balaban J connectivity index is 2.30. The first kappa shape index (κ1) is 16.8. The highest BCUT2D eigenvalue weighted by molar-refractivity contribution is 6.36. The van der Waals surface area contributed by atoms with E-state index in [1.165, 1.54) is 4.57 Å². The van der Waals surface area contributed by atoms with Crippen LogP contribution in [-0.4, -0.2) is 20.6 Å². The molecule has 0 amide bonds. The molecule has 0 saturated carbocycles. The molecule has 0 saturated heterocycles. The molecular formula is C17H11Cl3N2O2. The predicted octanol–water partition coefficient (Wildman–Crippen LogP) is 5.41. The normalized spacial score (nSPS) is 10.8. The molecular weight excluding hydrogens is 371 g/mol. The highest BCUT2D eigenvalue weighted by atomic mass is 35.5. The summed E-state index contributed by atoms with van der Waals surface area (Å²) in [4.78, 5) is 15.8. The first-order valence-electron chi connectivity index (χ1n) is 6.90. The molecule has 0 atom stereocenters. The minimum atomic E-state index is -1.12. The molecule has 0 fully saturated rings. The van der Waals surface area contributed by atoms with Crippen molar-refractivity contribution >= 4 is 40.8 Å². The minimum Gasteiger partial charge on any atom is -0.475 e. The molecule has 4 nitrogen and oxygen atoms in total. The Bertz CT molecular complexity index is 934. The number of rotatable bonds is 3. The van der Waals surface area contributed by atoms with E-state index < -0.39 is 5.97 Å². The molecule has 1 aromatic heterocycles. The zero-order chi connectivity index (χ0) is 17.4. The van der Waals surface area contributed by atoms with E-state index in [0.717, 1.165) is 5.56 Å². The van der Waals surface area contributed by atoms with Crippen molar-refractivity contribution in [3.8, 4) is 22.5 Å². The molecule has 0 unspecified atom stereocenters. The molecule has 2 aromatic carbocycles. The van der Waals surface area contributed by atoms with Crippen molar-refractivity contribution < 1.29 is 9.90 Å². The third-order valence-electron chi connectivity index (χ3n) is 3.59. The maximum atomic E-state index is 11.5. The van der Waals surface area contributed by atoms with E-state index in [2.05, 4.69) is 4.98 Å². The number of imidazole rings is 1. The van der Waals surface area contributed by atoms with Gasteiger partial charge in [0.05, 0.1) is 16.4 Å². The molecule has 3 rings (SSSR count). The molecule has 0 aliphatic heterocycles. The summed E-state index contributed by atoms with van der Waals surface area (Å²) in [5, 5.41) is 10.9. The van der Waals surface area contributed by atoms with Gasteiger partial charge in [-0.3, -0.25) is 0 Å². The molecule has 0 aliphatic rings. The van der Waals surface area contributed by atoms with E-state index in [-0.39, 0.29) is 5.82 Å². The standard InChI is InChI=1S/C17H11Cl3N2O2/c1-22-15(9-2-4-10(18)5-3-9)14(21-16(22)17(23)24)12-7-6-11(19)8-13(12)20/h2-8H,1H3,(H,23,24). The summed E-state index contributed by atoms with van der Waals surface area (Å²) in [6, 6.07) is 12.1. The van der Waals surface area contributed by atoms with Crippen LogP contribution >= 0.6 is 34.8 Å². The number of aromatic carboxylic acids is 1. The van der Waals surface area contributed by atoms with Crippen LogP contribution in [0.25, 0.3) is 22.5 Å². The van der Waals surface area contributed by atoms with E-state index in [1.807, 2.05) is 0 Å². The van der Waals surface area contributed by atoms with Gasteiger partial charge in [0.25, 0.3) is 0 Å². The summed E-state index contributed by atoms with van der Waals surface area (Å²) in [5.41, 5.74) is 2.49. The highest BCUT2D eigenvalue weighted by Gasteiger charge is 2.23. The lowest BCUT2D eigenvalue weighted by molar-refractivity contribution is 0.0680. The van der Waals surface area contributed by atoms with Gasteiger partial charge in [-0.1, -0.05) is 46.9 Å². The van der Waals surface area contributed by atoms with Crippen LogP contribution in [0.15, 0.2) is 42.5 Å². The summed E-state index contributed by atoms with van der Waals surface area (Å²) < 4.78 is 1.52. The van der Waals surface area contributed by atoms with Crippen LogP contribution in [-0.2, 0) is 7.05 Å². The topological polar surface area (TPSA) is 55.1 Å². The molecule has 3 aromatic rings. The van der Waals surface area contributed by atoms with Gasteiger partial charge in [0.1, 0.15) is 0 Å². The SMILES string of the molecule is Cn1c(C(=O)O)nc(-c2ccc(Cl)cc2Cl)c1-c1ccc(Cl)cc1. The van der Waals surface area contributed by atoms with E-state index in [1.54, 1.807) is 49.5 Å². The molecule has 1 heterocycles. The Morgan fingerprint density at radius 2 is 1.67 bits per heavy atom. The van der Waals surface area contributed by atoms with E-state index >= 15 is 0 Å². The van der Waals surface area contributed by atoms with Crippen molar-refractivity contribution in [3.05, 3.63) is 63.4 Å². The number of hydrogen-bond acceptors (Lipinski definition) is 2. The average Bonchev–Trinajstić information content (AvgIpc) is 2.86. The largest absolute Gasteiger partial charge is 0.475 e. The second kappa shape index (κ2) is 6.48. The molecule has 0 radical (unpaired) electrons. The zero-order valence-corrected chi connectivity index (χ0v) is 14.7. The van der Waals surface area contributed by atoms with Crippen molar-refractivity contribution in [3.63, 3.8) is 0 Å². The van der Waals surface area contributed by atoms with Gasteiger partial charge in [-0.25, -0.2) is 9.78 Å². The highest BCUT2D eigenvalue weighted by Crippen LogP contribution is 2.37. The van der Waals surface area contributed by atoms with E-state index in [4.69, 9.17) is 34.8 Å². The zero-order valence-electron chi connectivity index (χ0n) is 12.4. The van der Waals surface area contributed by atoms with Crippen molar-refractivity contribution in [2.24, 2.45) is 7.05 Å². The molecule has 122 valence electrons. The van der Waals surface area contributed by atoms with Crippen molar-refractivity contribution in [1.82, 2.24) is 9.55 Å². The number of benzene rings is 2. The van der Waals surface area contributed by atoms with Crippen LogP contribution in [0.1, 0.15) is 10.6 Å². The van der Waals surface area contributed by atoms with Crippen LogP contribution in [0, 0.1) is 0 Å². The maximum Gasteiger partial charge on any atom is 0.372 e. The van der Waals surface area contributed by atoms with Crippen LogP contribution in [0.4, 0.5) is 0 Å². The Kier molecular flexibility index (Phi) is 4.54. The summed E-state index contributed by atoms with van der Waals surface area (Å²) in [6.07, 6.45) is 0. The van der Waals surface area contributed by atoms with Gasteiger partial charge in [-0.05, 0) is 30.3 Å². The quantitative estimate of drug-likeness (QED) is 0.659. The number of carboxylic acid groups (broad SMARTS) is 1. The smallest absolute Gasteiger partial charge is 0.372 e. The molecule has 7 heteroatoms. The molecule has 0 spiro atoms. The lowest BCUT2D eigenvalue weighted by atomic mass is 10.0. The fraction of sp³-hybridized carbons (Fsp3) is 0.0588. The Hall–Kier alpha value is -2.01. The van der Waals surface area contributed by atoms with Crippen molar-refractivity contribution in [2.45, 2.75) is 0 Å². The summed E-state index contributed by atoms with van der Waals surface area (Å²) >= 11 is 18.2. The molecule has 1 N–H and O–H groups in total. The number of hydrogen-bond donors (Lipinski definition) is 1. The Labute approximate surface area is 153 Å². The fourth-order valence-electron chi connectivity index (χ4n) is 2.50. The first-order chi connectivity index (χ1) is 11.4. The number of aromatic nitrogens is 2. The summed E-state index contributed by atoms with van der Waals surface area (Å²) in [5.74, 6) is -1.20. The third-order valence-corrected chi connectivity index (χ3v) is 4.39. The second-order valence-electron chi connectivity index (χ2n) is 5.13. The summed E-state index contributed by atoms with van der Waals surface area (Å²) in [7, 11) is 1.65.